The highest BCUT2D eigenvalue weighted by atomic mass is 15.2. The van der Waals surface area contributed by atoms with Crippen LogP contribution in [0.15, 0.2) is 133 Å². The van der Waals surface area contributed by atoms with Crippen LogP contribution < -0.4 is 26.2 Å². The lowest BCUT2D eigenvalue weighted by Crippen LogP contribution is -2.61. The molecule has 326 valence electrons. The summed E-state index contributed by atoms with van der Waals surface area (Å²) < 4.78 is 0. The Kier molecular flexibility index (Phi) is 8.93. The predicted octanol–water partition coefficient (Wildman–Crippen LogP) is 15.0. The van der Waals surface area contributed by atoms with Crippen LogP contribution in [-0.4, -0.2) is 6.71 Å². The standard InChI is InChI=1S/C62H65BN2/c1-38-33-54-57-55(34-38)65(43-27-28-47-49(37-43)61(10,11)32-31-60(47,8)9)53-36-41(59(5,6)7)23-29-50(53)63(57)51-35-40(58(2,3)4)24-30-52(51)64(54)42-25-21-39(22-26-42)44-18-16-20-48-56(44)45-17-14-15-19-46(45)62(48,12)13/h14-30,33-37H,31-32H2,1-13H3. The van der Waals surface area contributed by atoms with Gasteiger partial charge >= 0.3 is 0 Å². The third kappa shape index (κ3) is 6.27. The fraction of sp³-hybridized carbons (Fsp3) is 0.323. The maximum absolute atomic E-state index is 2.64. The van der Waals surface area contributed by atoms with Crippen LogP contribution in [0.2, 0.25) is 0 Å². The van der Waals surface area contributed by atoms with Gasteiger partial charge in [0.2, 0.25) is 0 Å². The Morgan fingerprint density at radius 2 is 1.05 bits per heavy atom. The smallest absolute Gasteiger partial charge is 0.252 e. The molecule has 0 unspecified atom stereocenters. The van der Waals surface area contributed by atoms with Gasteiger partial charge in [-0.3, -0.25) is 0 Å². The van der Waals surface area contributed by atoms with E-state index in [1.165, 1.54) is 125 Å². The number of rotatable bonds is 3. The second-order valence-electron chi connectivity index (χ2n) is 23.8. The molecular formula is C62H65BN2. The zero-order valence-corrected chi connectivity index (χ0v) is 41.1. The highest BCUT2D eigenvalue weighted by molar-refractivity contribution is 7.00. The lowest BCUT2D eigenvalue weighted by Gasteiger charge is -2.46. The van der Waals surface area contributed by atoms with Gasteiger partial charge in [-0.1, -0.05) is 168 Å². The van der Waals surface area contributed by atoms with E-state index in [4.69, 9.17) is 0 Å². The second kappa shape index (κ2) is 13.9. The minimum Gasteiger partial charge on any atom is -0.311 e. The summed E-state index contributed by atoms with van der Waals surface area (Å²) in [6, 6.07) is 52.5. The van der Waals surface area contributed by atoms with Gasteiger partial charge in [0, 0.05) is 39.5 Å². The molecule has 0 spiro atoms. The van der Waals surface area contributed by atoms with Crippen LogP contribution >= 0.6 is 0 Å². The molecular weight excluding hydrogens is 784 g/mol. The molecule has 0 N–H and O–H groups in total. The van der Waals surface area contributed by atoms with Crippen molar-refractivity contribution in [2.24, 2.45) is 0 Å². The number of aryl methyl sites for hydroxylation is 1. The van der Waals surface area contributed by atoms with Gasteiger partial charge in [-0.05, 0) is 168 Å². The number of hydrogen-bond acceptors (Lipinski definition) is 2. The van der Waals surface area contributed by atoms with Crippen LogP contribution in [0.5, 0.6) is 0 Å². The highest BCUT2D eigenvalue weighted by Crippen LogP contribution is 2.53. The number of benzene rings is 7. The Bertz CT molecular complexity index is 3110. The zero-order valence-electron chi connectivity index (χ0n) is 41.1. The molecule has 7 aromatic rings. The molecule has 2 aliphatic carbocycles. The van der Waals surface area contributed by atoms with Gasteiger partial charge in [0.15, 0.2) is 0 Å². The molecule has 2 aliphatic heterocycles. The third-order valence-corrected chi connectivity index (χ3v) is 16.1. The molecule has 2 nitrogen and oxygen atoms in total. The van der Waals surface area contributed by atoms with E-state index >= 15 is 0 Å². The average Bonchev–Trinajstić information content (AvgIpc) is 3.50. The van der Waals surface area contributed by atoms with E-state index < -0.39 is 0 Å². The number of fused-ring (bicyclic) bond motifs is 8. The van der Waals surface area contributed by atoms with E-state index in [0.717, 1.165) is 0 Å². The van der Waals surface area contributed by atoms with Crippen LogP contribution in [-0.2, 0) is 27.1 Å². The Hall–Kier alpha value is -5.80. The molecule has 0 bridgehead atoms. The van der Waals surface area contributed by atoms with Gasteiger partial charge in [-0.25, -0.2) is 0 Å². The van der Waals surface area contributed by atoms with Crippen molar-refractivity contribution in [2.75, 3.05) is 9.80 Å². The minimum atomic E-state index is -0.0429. The highest BCUT2D eigenvalue weighted by Gasteiger charge is 2.45. The molecule has 7 aromatic carbocycles. The van der Waals surface area contributed by atoms with E-state index in [2.05, 4.69) is 233 Å². The molecule has 2 heterocycles. The van der Waals surface area contributed by atoms with E-state index in [9.17, 15) is 0 Å². The second-order valence-corrected chi connectivity index (χ2v) is 23.8. The zero-order chi connectivity index (χ0) is 45.7. The molecule has 3 heteroatoms. The summed E-state index contributed by atoms with van der Waals surface area (Å²) in [6.45, 7) is 31.0. The minimum absolute atomic E-state index is 0.00708. The van der Waals surface area contributed by atoms with E-state index in [-0.39, 0.29) is 33.8 Å². The van der Waals surface area contributed by atoms with Crippen LogP contribution in [0.4, 0.5) is 34.1 Å². The lowest BCUT2D eigenvalue weighted by molar-refractivity contribution is 0.332. The maximum atomic E-state index is 2.64. The van der Waals surface area contributed by atoms with Crippen LogP contribution in [0.3, 0.4) is 0 Å². The van der Waals surface area contributed by atoms with Gasteiger partial charge < -0.3 is 9.80 Å². The number of hydrogen-bond donors (Lipinski definition) is 0. The summed E-state index contributed by atoms with van der Waals surface area (Å²) in [5, 5.41) is 0. The molecule has 11 rings (SSSR count). The van der Waals surface area contributed by atoms with Crippen molar-refractivity contribution >= 4 is 57.2 Å². The summed E-state index contributed by atoms with van der Waals surface area (Å²) in [5.74, 6) is 0. The lowest BCUT2D eigenvalue weighted by atomic mass is 9.33. The topological polar surface area (TPSA) is 6.48 Å². The Labute approximate surface area is 389 Å². The van der Waals surface area contributed by atoms with Gasteiger partial charge in [-0.15, -0.1) is 0 Å². The summed E-state index contributed by atoms with van der Waals surface area (Å²) in [4.78, 5) is 5.22. The average molecular weight is 849 g/mol. The van der Waals surface area contributed by atoms with E-state index in [1.807, 2.05) is 0 Å². The van der Waals surface area contributed by atoms with Crippen molar-refractivity contribution in [2.45, 2.75) is 130 Å². The Morgan fingerprint density at radius 1 is 0.462 bits per heavy atom. The fourth-order valence-electron chi connectivity index (χ4n) is 12.1. The first-order valence-corrected chi connectivity index (χ1v) is 24.2. The molecule has 65 heavy (non-hydrogen) atoms. The van der Waals surface area contributed by atoms with Crippen LogP contribution in [0.1, 0.15) is 135 Å². The molecule has 0 saturated heterocycles. The van der Waals surface area contributed by atoms with Crippen molar-refractivity contribution in [1.82, 2.24) is 0 Å². The summed E-state index contributed by atoms with van der Waals surface area (Å²) >= 11 is 0. The third-order valence-electron chi connectivity index (χ3n) is 16.1. The van der Waals surface area contributed by atoms with Crippen molar-refractivity contribution in [1.29, 1.82) is 0 Å². The van der Waals surface area contributed by atoms with Gasteiger partial charge in [-0.2, -0.15) is 0 Å². The molecule has 0 fully saturated rings. The van der Waals surface area contributed by atoms with Crippen molar-refractivity contribution in [3.05, 3.63) is 172 Å². The largest absolute Gasteiger partial charge is 0.311 e. The molecule has 0 radical (unpaired) electrons. The van der Waals surface area contributed by atoms with Crippen molar-refractivity contribution in [3.8, 4) is 22.3 Å². The van der Waals surface area contributed by atoms with E-state index in [1.54, 1.807) is 0 Å². The summed E-state index contributed by atoms with van der Waals surface area (Å²) in [5.41, 5.74) is 26.9. The summed E-state index contributed by atoms with van der Waals surface area (Å²) in [6.07, 6.45) is 2.38. The molecule has 0 saturated carbocycles. The number of nitrogens with zero attached hydrogens (tertiary/aromatic N) is 2. The molecule has 0 atom stereocenters. The van der Waals surface area contributed by atoms with Gasteiger partial charge in [0.25, 0.3) is 6.71 Å². The maximum Gasteiger partial charge on any atom is 0.252 e. The molecule has 0 amide bonds. The van der Waals surface area contributed by atoms with Crippen molar-refractivity contribution in [3.63, 3.8) is 0 Å². The Morgan fingerprint density at radius 3 is 1.74 bits per heavy atom. The SMILES string of the molecule is Cc1cc2c3c(c1)N(c1ccc4c(c1)C(C)(C)CCC4(C)C)c1cc(C(C)(C)C)ccc1B3c1cc(C(C)(C)C)ccc1N2c1ccc(-c2cccc3c2-c2ccccc2C3(C)C)cc1. The first-order valence-electron chi connectivity index (χ1n) is 24.2. The Balaban J connectivity index is 1.14. The fourth-order valence-corrected chi connectivity index (χ4v) is 12.1. The first-order chi connectivity index (χ1) is 30.6. The predicted molar refractivity (Wildman–Crippen MR) is 281 cm³/mol. The first kappa shape index (κ1) is 41.9. The monoisotopic (exact) mass is 849 g/mol. The molecule has 4 aliphatic rings. The summed E-state index contributed by atoms with van der Waals surface area (Å²) in [7, 11) is 0. The van der Waals surface area contributed by atoms with Gasteiger partial charge in [0.1, 0.15) is 0 Å². The molecule has 0 aromatic heterocycles. The van der Waals surface area contributed by atoms with E-state index in [0.29, 0.717) is 0 Å². The normalized spacial score (nSPS) is 17.2. The van der Waals surface area contributed by atoms with Crippen molar-refractivity contribution < 1.29 is 0 Å². The number of anilines is 6. The van der Waals surface area contributed by atoms with Gasteiger partial charge in [0.05, 0.1) is 0 Å². The van der Waals surface area contributed by atoms with Crippen LogP contribution in [0, 0.1) is 6.92 Å². The van der Waals surface area contributed by atoms with Crippen LogP contribution in [0.25, 0.3) is 22.3 Å². The quantitative estimate of drug-likeness (QED) is 0.163.